The normalized spacial score (nSPS) is 20.1. The smallest absolute Gasteiger partial charge is 0.140 e. The predicted molar refractivity (Wildman–Crippen MR) is 73.7 cm³/mol. The summed E-state index contributed by atoms with van der Waals surface area (Å²) >= 11 is 1.82. The highest BCUT2D eigenvalue weighted by Crippen LogP contribution is 2.37. The van der Waals surface area contributed by atoms with Gasteiger partial charge in [0.2, 0.25) is 0 Å². The van der Waals surface area contributed by atoms with Crippen LogP contribution < -0.4 is 0 Å². The van der Waals surface area contributed by atoms with E-state index in [0.29, 0.717) is 5.78 Å². The first-order valence-electron chi connectivity index (χ1n) is 6.56. The Morgan fingerprint density at radius 2 is 2.24 bits per heavy atom. The van der Waals surface area contributed by atoms with Crippen LogP contribution in [0.15, 0.2) is 11.4 Å². The van der Waals surface area contributed by atoms with Gasteiger partial charge in [0.1, 0.15) is 5.78 Å². The third-order valence-electron chi connectivity index (χ3n) is 3.56. The van der Waals surface area contributed by atoms with E-state index in [9.17, 15) is 4.79 Å². The summed E-state index contributed by atoms with van der Waals surface area (Å²) in [5.74, 6) is 0.659. The highest BCUT2D eigenvalue weighted by molar-refractivity contribution is 7.10. The Labute approximate surface area is 108 Å². The van der Waals surface area contributed by atoms with E-state index < -0.39 is 0 Å². The fraction of sp³-hybridized carbons (Fsp3) is 0.667. The van der Waals surface area contributed by atoms with E-state index >= 15 is 0 Å². The molecule has 0 spiro atoms. The molecule has 1 aromatic heterocycles. The molecule has 17 heavy (non-hydrogen) atoms. The maximum absolute atomic E-state index is 12.3. The van der Waals surface area contributed by atoms with E-state index in [0.717, 1.165) is 19.3 Å². The number of fused-ring (bicyclic) bond motifs is 1. The van der Waals surface area contributed by atoms with Crippen LogP contribution in [0, 0.1) is 5.41 Å². The average Bonchev–Trinajstić information content (AvgIpc) is 2.72. The van der Waals surface area contributed by atoms with Crippen LogP contribution in [-0.2, 0) is 11.2 Å². The molecule has 1 heterocycles. The summed E-state index contributed by atoms with van der Waals surface area (Å²) in [7, 11) is 0. The maximum Gasteiger partial charge on any atom is 0.140 e. The summed E-state index contributed by atoms with van der Waals surface area (Å²) < 4.78 is 0. The zero-order valence-corrected chi connectivity index (χ0v) is 11.9. The second-order valence-corrected chi connectivity index (χ2v) is 7.27. The molecule has 1 unspecified atom stereocenters. The van der Waals surface area contributed by atoms with Gasteiger partial charge in [-0.1, -0.05) is 20.8 Å². The van der Waals surface area contributed by atoms with Crippen molar-refractivity contribution in [3.63, 3.8) is 0 Å². The molecule has 0 saturated carbocycles. The van der Waals surface area contributed by atoms with Gasteiger partial charge in [-0.2, -0.15) is 0 Å². The molecule has 94 valence electrons. The van der Waals surface area contributed by atoms with Crippen molar-refractivity contribution >= 4 is 17.1 Å². The summed E-state index contributed by atoms with van der Waals surface area (Å²) in [5.41, 5.74) is 1.60. The molecule has 1 atom stereocenters. The first kappa shape index (κ1) is 12.8. The summed E-state index contributed by atoms with van der Waals surface area (Å²) in [4.78, 5) is 13.8. The van der Waals surface area contributed by atoms with Crippen LogP contribution >= 0.6 is 11.3 Å². The molecular formula is C15H22OS. The minimum atomic E-state index is 0.201. The van der Waals surface area contributed by atoms with Gasteiger partial charge in [0, 0.05) is 17.2 Å². The maximum atomic E-state index is 12.3. The molecule has 2 heteroatoms. The van der Waals surface area contributed by atoms with Gasteiger partial charge in [0.25, 0.3) is 0 Å². The van der Waals surface area contributed by atoms with Gasteiger partial charge in [-0.15, -0.1) is 11.3 Å². The third-order valence-corrected chi connectivity index (χ3v) is 4.56. The number of carbonyl (C=O) groups is 1. The lowest BCUT2D eigenvalue weighted by molar-refractivity contribution is -0.121. The van der Waals surface area contributed by atoms with Crippen LogP contribution in [0.1, 0.15) is 62.8 Å². The molecule has 2 rings (SSSR count). The van der Waals surface area contributed by atoms with Crippen molar-refractivity contribution in [1.82, 2.24) is 0 Å². The Morgan fingerprint density at radius 1 is 1.47 bits per heavy atom. The van der Waals surface area contributed by atoms with E-state index in [-0.39, 0.29) is 11.3 Å². The molecule has 1 nitrogen and oxygen atoms in total. The molecule has 0 saturated heterocycles. The topological polar surface area (TPSA) is 17.1 Å². The first-order chi connectivity index (χ1) is 7.97. The molecule has 0 amide bonds. The van der Waals surface area contributed by atoms with Crippen molar-refractivity contribution in [2.24, 2.45) is 5.41 Å². The van der Waals surface area contributed by atoms with Crippen LogP contribution in [0.4, 0.5) is 0 Å². The van der Waals surface area contributed by atoms with E-state index in [1.54, 1.807) is 0 Å². The molecule has 1 aliphatic carbocycles. The molecule has 0 fully saturated rings. The van der Waals surface area contributed by atoms with Gasteiger partial charge in [-0.05, 0) is 48.1 Å². The van der Waals surface area contributed by atoms with E-state index in [2.05, 4.69) is 32.2 Å². The molecular weight excluding hydrogens is 228 g/mol. The zero-order valence-electron chi connectivity index (χ0n) is 11.1. The zero-order chi connectivity index (χ0) is 12.5. The predicted octanol–water partition coefficient (Wildman–Crippen LogP) is 4.56. The van der Waals surface area contributed by atoms with Crippen LogP contribution in [0.25, 0.3) is 0 Å². The highest BCUT2D eigenvalue weighted by atomic mass is 32.1. The van der Waals surface area contributed by atoms with Crippen molar-refractivity contribution < 1.29 is 4.79 Å². The molecule has 0 radical (unpaired) electrons. The van der Waals surface area contributed by atoms with Crippen LogP contribution in [0.3, 0.4) is 0 Å². The van der Waals surface area contributed by atoms with Crippen LogP contribution in [-0.4, -0.2) is 5.78 Å². The second-order valence-electron chi connectivity index (χ2n) is 6.27. The highest BCUT2D eigenvalue weighted by Gasteiger charge is 2.27. The lowest BCUT2D eigenvalue weighted by Crippen LogP contribution is -2.19. The summed E-state index contributed by atoms with van der Waals surface area (Å²) in [6, 6.07) is 2.17. The fourth-order valence-electron chi connectivity index (χ4n) is 2.49. The van der Waals surface area contributed by atoms with Crippen molar-refractivity contribution in [3.05, 3.63) is 21.9 Å². The van der Waals surface area contributed by atoms with Gasteiger partial charge in [0.05, 0.1) is 0 Å². The van der Waals surface area contributed by atoms with Crippen molar-refractivity contribution in [2.45, 2.75) is 58.8 Å². The average molecular weight is 250 g/mol. The Kier molecular flexibility index (Phi) is 3.72. The molecule has 1 aliphatic rings. The summed E-state index contributed by atoms with van der Waals surface area (Å²) in [6.45, 7) is 6.62. The van der Waals surface area contributed by atoms with Gasteiger partial charge >= 0.3 is 0 Å². The number of Topliss-reactive ketones (excluding diaryl/α,β-unsaturated/α-hetero) is 1. The third kappa shape index (κ3) is 3.19. The summed E-state index contributed by atoms with van der Waals surface area (Å²) in [5, 5.41) is 2.14. The number of hydrogen-bond acceptors (Lipinski definition) is 2. The number of ketones is 1. The van der Waals surface area contributed by atoms with E-state index in [1.165, 1.54) is 23.3 Å². The quantitative estimate of drug-likeness (QED) is 0.768. The fourth-order valence-corrected chi connectivity index (χ4v) is 3.48. The minimum absolute atomic E-state index is 0.201. The molecule has 1 aromatic rings. The van der Waals surface area contributed by atoms with Gasteiger partial charge in [-0.25, -0.2) is 0 Å². The number of rotatable bonds is 3. The number of thiophene rings is 1. The molecule has 0 aromatic carbocycles. The van der Waals surface area contributed by atoms with Gasteiger partial charge < -0.3 is 0 Å². The second kappa shape index (κ2) is 4.93. The largest absolute Gasteiger partial charge is 0.299 e. The Bertz CT molecular complexity index is 397. The van der Waals surface area contributed by atoms with Crippen molar-refractivity contribution in [3.8, 4) is 0 Å². The van der Waals surface area contributed by atoms with Crippen LogP contribution in [0.5, 0.6) is 0 Å². The van der Waals surface area contributed by atoms with Crippen molar-refractivity contribution in [1.29, 1.82) is 0 Å². The number of aryl methyl sites for hydroxylation is 1. The molecule has 0 N–H and O–H groups in total. The number of carbonyl (C=O) groups excluding carboxylic acids is 1. The van der Waals surface area contributed by atoms with Crippen LogP contribution in [0.2, 0.25) is 0 Å². The Hall–Kier alpha value is -0.630. The number of hydrogen-bond donors (Lipinski definition) is 0. The minimum Gasteiger partial charge on any atom is -0.299 e. The summed E-state index contributed by atoms with van der Waals surface area (Å²) in [6.07, 6.45) is 5.16. The lowest BCUT2D eigenvalue weighted by Gasteiger charge is -2.23. The monoisotopic (exact) mass is 250 g/mol. The molecule has 0 bridgehead atoms. The SMILES string of the molecule is CC(C)(C)CCC(=O)C1CCCc2sccc21. The Morgan fingerprint density at radius 3 is 2.94 bits per heavy atom. The van der Waals surface area contributed by atoms with Gasteiger partial charge in [-0.3, -0.25) is 4.79 Å². The van der Waals surface area contributed by atoms with Crippen molar-refractivity contribution in [2.75, 3.05) is 0 Å². The van der Waals surface area contributed by atoms with E-state index in [1.807, 2.05) is 11.3 Å². The first-order valence-corrected chi connectivity index (χ1v) is 7.44. The Balaban J connectivity index is 2.02. The standard InChI is InChI=1S/C15H22OS/c1-15(2,3)9-7-13(16)11-5-4-6-14-12(11)8-10-17-14/h8,10-11H,4-7,9H2,1-3H3. The molecule has 0 aliphatic heterocycles. The lowest BCUT2D eigenvalue weighted by atomic mass is 9.81. The van der Waals surface area contributed by atoms with Gasteiger partial charge in [0.15, 0.2) is 0 Å². The van der Waals surface area contributed by atoms with E-state index in [4.69, 9.17) is 0 Å².